The van der Waals surface area contributed by atoms with Gasteiger partial charge in [-0.1, -0.05) is 61.2 Å². The first kappa shape index (κ1) is 14.0. The molecule has 0 radical (unpaired) electrons. The van der Waals surface area contributed by atoms with Crippen molar-refractivity contribution >= 4 is 5.91 Å². The Labute approximate surface area is 142 Å². The molecule has 2 aliphatic heterocycles. The Morgan fingerprint density at radius 3 is 2.62 bits per heavy atom. The van der Waals surface area contributed by atoms with Crippen LogP contribution in [0.25, 0.3) is 0 Å². The molecule has 3 aliphatic rings. The van der Waals surface area contributed by atoms with E-state index in [0.29, 0.717) is 11.8 Å². The Bertz CT molecular complexity index is 829. The summed E-state index contributed by atoms with van der Waals surface area (Å²) in [6.45, 7) is 5.00. The highest BCUT2D eigenvalue weighted by Crippen LogP contribution is 2.53. The summed E-state index contributed by atoms with van der Waals surface area (Å²) in [6.07, 6.45) is 0.994. The van der Waals surface area contributed by atoms with Crippen LogP contribution in [0.2, 0.25) is 0 Å². The van der Waals surface area contributed by atoms with Crippen molar-refractivity contribution in [3.63, 3.8) is 0 Å². The topological polar surface area (TPSA) is 32.3 Å². The predicted molar refractivity (Wildman–Crippen MR) is 93.2 cm³/mol. The van der Waals surface area contributed by atoms with Crippen molar-refractivity contribution in [2.24, 2.45) is 5.92 Å². The van der Waals surface area contributed by atoms with Crippen molar-refractivity contribution < 1.29 is 4.79 Å². The molecule has 0 spiro atoms. The average molecular weight is 316 g/mol. The molecule has 0 saturated carbocycles. The lowest BCUT2D eigenvalue weighted by Crippen LogP contribution is -2.55. The first-order valence-corrected chi connectivity index (χ1v) is 8.61. The van der Waals surface area contributed by atoms with Crippen LogP contribution in [-0.2, 0) is 17.8 Å². The van der Waals surface area contributed by atoms with Crippen LogP contribution in [0.3, 0.4) is 0 Å². The highest BCUT2D eigenvalue weighted by atomic mass is 16.2. The molecule has 3 nitrogen and oxygen atoms in total. The zero-order valence-electron chi connectivity index (χ0n) is 13.5. The molecule has 2 fully saturated rings. The summed E-state index contributed by atoms with van der Waals surface area (Å²) < 4.78 is 0. The van der Waals surface area contributed by atoms with Crippen molar-refractivity contribution in [1.29, 1.82) is 0 Å². The van der Waals surface area contributed by atoms with Gasteiger partial charge in [-0.05, 0) is 29.0 Å². The average Bonchev–Trinajstić information content (AvgIpc) is 3.06. The Hall–Kier alpha value is -2.39. The number of carbonyl (C=O) groups is 1. The highest BCUT2D eigenvalue weighted by Gasteiger charge is 2.58. The molecule has 2 bridgehead atoms. The summed E-state index contributed by atoms with van der Waals surface area (Å²) in [5.74, 6) is 0.851. The van der Waals surface area contributed by atoms with Gasteiger partial charge in [0.25, 0.3) is 0 Å². The number of piperazine rings is 1. The van der Waals surface area contributed by atoms with Gasteiger partial charge in [-0.3, -0.25) is 9.69 Å². The lowest BCUT2D eigenvalue weighted by molar-refractivity contribution is -0.128. The molecule has 120 valence electrons. The number of carbonyl (C=O) groups excluding carboxylic acids is 1. The van der Waals surface area contributed by atoms with Crippen molar-refractivity contribution in [2.75, 3.05) is 0 Å². The van der Waals surface area contributed by atoms with Crippen LogP contribution in [0.5, 0.6) is 0 Å². The fourth-order valence-corrected chi connectivity index (χ4v) is 5.05. The number of nitrogens with zero attached hydrogens (tertiary/aromatic N) is 1. The van der Waals surface area contributed by atoms with Crippen LogP contribution >= 0.6 is 0 Å². The molecule has 1 aliphatic carbocycles. The predicted octanol–water partition coefficient (Wildman–Crippen LogP) is 2.84. The fraction of sp³-hybridized carbons (Fsp3) is 0.286. The lowest BCUT2D eigenvalue weighted by atomic mass is 9.87. The Kier molecular flexibility index (Phi) is 2.95. The van der Waals surface area contributed by atoms with E-state index in [1.807, 2.05) is 6.07 Å². The molecule has 3 heteroatoms. The summed E-state index contributed by atoms with van der Waals surface area (Å²) in [4.78, 5) is 15.1. The van der Waals surface area contributed by atoms with Gasteiger partial charge < -0.3 is 5.32 Å². The first-order chi connectivity index (χ1) is 11.7. The SMILES string of the molecule is C=C1NC(=O)[C@H]2[C@H]3Cc4ccccc4[C@H]3[C@@H]1N2Cc1ccccc1. The van der Waals surface area contributed by atoms with E-state index < -0.39 is 0 Å². The summed E-state index contributed by atoms with van der Waals surface area (Å²) in [6, 6.07) is 19.2. The van der Waals surface area contributed by atoms with E-state index in [9.17, 15) is 4.79 Å². The maximum absolute atomic E-state index is 12.7. The van der Waals surface area contributed by atoms with Crippen LogP contribution in [0.4, 0.5) is 0 Å². The Morgan fingerprint density at radius 2 is 1.79 bits per heavy atom. The monoisotopic (exact) mass is 316 g/mol. The number of hydrogen-bond acceptors (Lipinski definition) is 2. The largest absolute Gasteiger partial charge is 0.327 e. The zero-order valence-corrected chi connectivity index (χ0v) is 13.5. The minimum absolute atomic E-state index is 0.0573. The molecule has 0 unspecified atom stereocenters. The molecule has 2 heterocycles. The zero-order chi connectivity index (χ0) is 16.3. The molecule has 2 aromatic carbocycles. The summed E-state index contributed by atoms with van der Waals surface area (Å²) in [5, 5.41) is 3.04. The second-order valence-electron chi connectivity index (χ2n) is 7.15. The van der Waals surface area contributed by atoms with Crippen LogP contribution in [0.15, 0.2) is 66.9 Å². The van der Waals surface area contributed by atoms with E-state index in [1.165, 1.54) is 16.7 Å². The number of nitrogens with one attached hydrogen (secondary N) is 1. The summed E-state index contributed by atoms with van der Waals surface area (Å²) >= 11 is 0. The molecule has 1 N–H and O–H groups in total. The maximum atomic E-state index is 12.7. The molecule has 2 aromatic rings. The quantitative estimate of drug-likeness (QED) is 0.924. The molecule has 4 atom stereocenters. The van der Waals surface area contributed by atoms with Gasteiger partial charge >= 0.3 is 0 Å². The van der Waals surface area contributed by atoms with E-state index in [-0.39, 0.29) is 18.0 Å². The Morgan fingerprint density at radius 1 is 1.04 bits per heavy atom. The van der Waals surface area contributed by atoms with Crippen molar-refractivity contribution in [3.05, 3.63) is 83.6 Å². The molecule has 5 rings (SSSR count). The van der Waals surface area contributed by atoms with E-state index in [2.05, 4.69) is 65.3 Å². The van der Waals surface area contributed by atoms with Gasteiger partial charge in [-0.2, -0.15) is 0 Å². The molecule has 1 amide bonds. The van der Waals surface area contributed by atoms with Gasteiger partial charge in [0.1, 0.15) is 0 Å². The van der Waals surface area contributed by atoms with E-state index in [4.69, 9.17) is 0 Å². The van der Waals surface area contributed by atoms with E-state index >= 15 is 0 Å². The molecule has 2 saturated heterocycles. The highest BCUT2D eigenvalue weighted by molar-refractivity contribution is 5.87. The number of fused-ring (bicyclic) bond motifs is 7. The van der Waals surface area contributed by atoms with Crippen molar-refractivity contribution in [2.45, 2.75) is 31.0 Å². The summed E-state index contributed by atoms with van der Waals surface area (Å²) in [7, 11) is 0. The second-order valence-corrected chi connectivity index (χ2v) is 7.15. The first-order valence-electron chi connectivity index (χ1n) is 8.61. The normalized spacial score (nSPS) is 30.8. The maximum Gasteiger partial charge on any atom is 0.241 e. The minimum Gasteiger partial charge on any atom is -0.327 e. The third-order valence-corrected chi connectivity index (χ3v) is 5.91. The van der Waals surface area contributed by atoms with Gasteiger partial charge in [0.2, 0.25) is 5.91 Å². The van der Waals surface area contributed by atoms with Gasteiger partial charge in [0, 0.05) is 18.2 Å². The van der Waals surface area contributed by atoms with E-state index in [1.54, 1.807) is 0 Å². The molecule has 24 heavy (non-hydrogen) atoms. The molecular weight excluding hydrogens is 296 g/mol. The van der Waals surface area contributed by atoms with Gasteiger partial charge in [-0.25, -0.2) is 0 Å². The minimum atomic E-state index is -0.0573. The van der Waals surface area contributed by atoms with Gasteiger partial charge in [-0.15, -0.1) is 0 Å². The van der Waals surface area contributed by atoms with Gasteiger partial charge in [0.15, 0.2) is 0 Å². The Balaban J connectivity index is 1.58. The second kappa shape index (κ2) is 5.05. The number of rotatable bonds is 2. The fourth-order valence-electron chi connectivity index (χ4n) is 5.05. The standard InChI is InChI=1S/C21H20N2O/c1-13-19-18-16-10-6-5-9-15(16)11-17(18)20(21(24)22-13)23(19)12-14-7-3-2-4-8-14/h2-10,17-20H,1,11-12H2,(H,22,24)/t17-,18+,19+,20+/m0/s1. The summed E-state index contributed by atoms with van der Waals surface area (Å²) in [5.41, 5.74) is 4.93. The van der Waals surface area contributed by atoms with Crippen LogP contribution < -0.4 is 5.32 Å². The third-order valence-electron chi connectivity index (χ3n) is 5.91. The van der Waals surface area contributed by atoms with Crippen LogP contribution in [0.1, 0.15) is 22.6 Å². The van der Waals surface area contributed by atoms with Crippen LogP contribution in [0, 0.1) is 5.92 Å². The number of hydrogen-bond donors (Lipinski definition) is 1. The lowest BCUT2D eigenvalue weighted by Gasteiger charge is -2.37. The molecule has 0 aromatic heterocycles. The number of amides is 1. The van der Waals surface area contributed by atoms with Gasteiger partial charge in [0.05, 0.1) is 12.1 Å². The van der Waals surface area contributed by atoms with Crippen molar-refractivity contribution in [1.82, 2.24) is 10.2 Å². The van der Waals surface area contributed by atoms with E-state index in [0.717, 1.165) is 18.7 Å². The third kappa shape index (κ3) is 1.85. The molecular formula is C21H20N2O. The smallest absolute Gasteiger partial charge is 0.241 e. The number of benzene rings is 2. The van der Waals surface area contributed by atoms with Crippen molar-refractivity contribution in [3.8, 4) is 0 Å². The van der Waals surface area contributed by atoms with Crippen LogP contribution in [-0.4, -0.2) is 22.9 Å².